The molecule has 3 rings (SSSR count). The number of nitrogens with one attached hydrogen (secondary N) is 2. The summed E-state index contributed by atoms with van der Waals surface area (Å²) in [5.74, 6) is 0.850. The van der Waals surface area contributed by atoms with E-state index in [9.17, 15) is 9.18 Å². The molecule has 10 heteroatoms. The molecule has 9 nitrogen and oxygen atoms in total. The van der Waals surface area contributed by atoms with E-state index >= 15 is 0 Å². The Hall–Kier alpha value is -3.30. The van der Waals surface area contributed by atoms with Gasteiger partial charge in [0.1, 0.15) is 6.10 Å². The number of rotatable bonds is 7. The van der Waals surface area contributed by atoms with Crippen molar-refractivity contribution in [1.29, 1.82) is 0 Å². The van der Waals surface area contributed by atoms with Crippen LogP contribution in [-0.4, -0.2) is 49.5 Å². The number of benzene rings is 1. The highest BCUT2D eigenvalue weighted by Gasteiger charge is 2.24. The first kappa shape index (κ1) is 21.4. The monoisotopic (exact) mass is 420 g/mol. The Morgan fingerprint density at radius 1 is 1.00 bits per heavy atom. The topological polar surface area (TPSA) is 104 Å². The molecule has 1 fully saturated rings. The predicted octanol–water partition coefficient (Wildman–Crippen LogP) is 3.15. The third-order valence-corrected chi connectivity index (χ3v) is 4.80. The van der Waals surface area contributed by atoms with Gasteiger partial charge in [-0.05, 0) is 25.7 Å². The quantitative estimate of drug-likeness (QED) is 0.709. The van der Waals surface area contributed by atoms with Crippen molar-refractivity contribution in [3.05, 3.63) is 30.3 Å². The molecule has 0 aliphatic heterocycles. The Bertz CT molecular complexity index is 832. The van der Waals surface area contributed by atoms with Crippen LogP contribution in [0.3, 0.4) is 0 Å². The molecule has 1 aromatic carbocycles. The van der Waals surface area contributed by atoms with Crippen LogP contribution in [0.2, 0.25) is 0 Å². The molecule has 30 heavy (non-hydrogen) atoms. The molecule has 1 heterocycles. The van der Waals surface area contributed by atoms with Crippen LogP contribution in [0.5, 0.6) is 23.3 Å². The number of hydrogen-bond donors (Lipinski definition) is 2. The minimum atomic E-state index is -0.506. The standard InChI is InChI=1S/C20H25FN4O5/c1-27-16-8-14(9-17(28-2)18(16)29-3)25-19(26)24-13-4-6-15(7-5-13)30-20-22-10-12(21)11-23-20/h8-11,13,15H,4-7H2,1-3H3,(H2,24,25,26). The van der Waals surface area contributed by atoms with E-state index < -0.39 is 5.82 Å². The van der Waals surface area contributed by atoms with E-state index in [-0.39, 0.29) is 24.2 Å². The van der Waals surface area contributed by atoms with Gasteiger partial charge >= 0.3 is 12.0 Å². The van der Waals surface area contributed by atoms with Gasteiger partial charge in [-0.3, -0.25) is 0 Å². The fourth-order valence-electron chi connectivity index (χ4n) is 3.34. The number of hydrogen-bond acceptors (Lipinski definition) is 7. The summed E-state index contributed by atoms with van der Waals surface area (Å²) in [6, 6.07) is 3.17. The van der Waals surface area contributed by atoms with Crippen LogP contribution in [0.4, 0.5) is 14.9 Å². The Morgan fingerprint density at radius 3 is 2.13 bits per heavy atom. The van der Waals surface area contributed by atoms with Crippen LogP contribution in [0.1, 0.15) is 25.7 Å². The van der Waals surface area contributed by atoms with Gasteiger partial charge in [0.25, 0.3) is 0 Å². The van der Waals surface area contributed by atoms with Crippen molar-refractivity contribution >= 4 is 11.7 Å². The highest BCUT2D eigenvalue weighted by Crippen LogP contribution is 2.39. The summed E-state index contributed by atoms with van der Waals surface area (Å²) in [5.41, 5.74) is 0.521. The summed E-state index contributed by atoms with van der Waals surface area (Å²) in [6.07, 6.45) is 5.03. The van der Waals surface area contributed by atoms with Gasteiger partial charge in [0.2, 0.25) is 5.75 Å². The van der Waals surface area contributed by atoms with Crippen LogP contribution < -0.4 is 29.6 Å². The van der Waals surface area contributed by atoms with Gasteiger partial charge in [0.05, 0.1) is 39.4 Å². The molecule has 0 spiro atoms. The largest absolute Gasteiger partial charge is 0.493 e. The fraction of sp³-hybridized carbons (Fsp3) is 0.450. The zero-order chi connectivity index (χ0) is 21.5. The van der Waals surface area contributed by atoms with E-state index in [1.165, 1.54) is 21.3 Å². The number of anilines is 1. The number of urea groups is 1. The molecule has 1 saturated carbocycles. The Morgan fingerprint density at radius 2 is 1.60 bits per heavy atom. The lowest BCUT2D eigenvalue weighted by atomic mass is 9.93. The molecule has 162 valence electrons. The van der Waals surface area contributed by atoms with Crippen LogP contribution in [0.25, 0.3) is 0 Å². The smallest absolute Gasteiger partial charge is 0.319 e. The number of amides is 2. The van der Waals surface area contributed by atoms with E-state index in [0.29, 0.717) is 22.9 Å². The van der Waals surface area contributed by atoms with Crippen molar-refractivity contribution in [1.82, 2.24) is 15.3 Å². The maximum atomic E-state index is 12.9. The molecule has 0 atom stereocenters. The fourth-order valence-corrected chi connectivity index (χ4v) is 3.34. The van der Waals surface area contributed by atoms with Crippen LogP contribution in [0.15, 0.2) is 24.5 Å². The third-order valence-electron chi connectivity index (χ3n) is 4.80. The number of carbonyl (C=O) groups excluding carboxylic acids is 1. The number of methoxy groups -OCH3 is 3. The first-order chi connectivity index (χ1) is 14.5. The molecule has 1 aromatic heterocycles. The average Bonchev–Trinajstić information content (AvgIpc) is 2.75. The van der Waals surface area contributed by atoms with Gasteiger partial charge < -0.3 is 29.6 Å². The number of halogens is 1. The third kappa shape index (κ3) is 5.40. The first-order valence-corrected chi connectivity index (χ1v) is 9.54. The molecule has 0 unspecified atom stereocenters. The lowest BCUT2D eigenvalue weighted by Gasteiger charge is -2.28. The van der Waals surface area contributed by atoms with Gasteiger partial charge in [-0.1, -0.05) is 0 Å². The molecule has 1 aliphatic carbocycles. The van der Waals surface area contributed by atoms with Gasteiger partial charge in [-0.15, -0.1) is 0 Å². The average molecular weight is 420 g/mol. The maximum Gasteiger partial charge on any atom is 0.319 e. The Labute approximate surface area is 173 Å². The SMILES string of the molecule is COc1cc(NC(=O)NC2CCC(Oc3ncc(F)cn3)CC2)cc(OC)c1OC. The summed E-state index contributed by atoms with van der Waals surface area (Å²) in [5, 5.41) is 5.76. The molecular weight excluding hydrogens is 395 g/mol. The van der Waals surface area contributed by atoms with Crippen LogP contribution in [-0.2, 0) is 0 Å². The van der Waals surface area contributed by atoms with Gasteiger partial charge in [-0.25, -0.2) is 19.2 Å². The zero-order valence-corrected chi connectivity index (χ0v) is 17.1. The van der Waals surface area contributed by atoms with Crippen LogP contribution in [0, 0.1) is 5.82 Å². The Kier molecular flexibility index (Phi) is 7.10. The van der Waals surface area contributed by atoms with Gasteiger partial charge in [-0.2, -0.15) is 0 Å². The zero-order valence-electron chi connectivity index (χ0n) is 17.1. The Balaban J connectivity index is 1.51. The molecule has 0 radical (unpaired) electrons. The van der Waals surface area contributed by atoms with Crippen molar-refractivity contribution in [2.75, 3.05) is 26.6 Å². The predicted molar refractivity (Wildman–Crippen MR) is 107 cm³/mol. The molecule has 2 amide bonds. The van der Waals surface area contributed by atoms with E-state index in [1.807, 2.05) is 0 Å². The maximum absolute atomic E-state index is 12.9. The van der Waals surface area contributed by atoms with E-state index in [4.69, 9.17) is 18.9 Å². The van der Waals surface area contributed by atoms with E-state index in [2.05, 4.69) is 20.6 Å². The highest BCUT2D eigenvalue weighted by molar-refractivity contribution is 5.90. The van der Waals surface area contributed by atoms with Gasteiger partial charge in [0.15, 0.2) is 17.3 Å². The van der Waals surface area contributed by atoms with Crippen molar-refractivity contribution in [3.63, 3.8) is 0 Å². The number of ether oxygens (including phenoxy) is 4. The number of aromatic nitrogens is 2. The highest BCUT2D eigenvalue weighted by atomic mass is 19.1. The summed E-state index contributed by atoms with van der Waals surface area (Å²) in [6.45, 7) is 0. The van der Waals surface area contributed by atoms with E-state index in [1.54, 1.807) is 12.1 Å². The first-order valence-electron chi connectivity index (χ1n) is 9.54. The molecule has 0 saturated heterocycles. The minimum Gasteiger partial charge on any atom is -0.493 e. The summed E-state index contributed by atoms with van der Waals surface area (Å²) in [7, 11) is 4.54. The van der Waals surface area contributed by atoms with Gasteiger partial charge in [0, 0.05) is 18.2 Å². The van der Waals surface area contributed by atoms with Crippen LogP contribution >= 0.6 is 0 Å². The van der Waals surface area contributed by atoms with E-state index in [0.717, 1.165) is 38.1 Å². The number of nitrogens with zero attached hydrogens (tertiary/aromatic N) is 2. The molecule has 1 aliphatic rings. The summed E-state index contributed by atoms with van der Waals surface area (Å²) >= 11 is 0. The minimum absolute atomic E-state index is 0.0148. The molecular formula is C20H25FN4O5. The second kappa shape index (κ2) is 9.95. The molecule has 0 bridgehead atoms. The second-order valence-electron chi connectivity index (χ2n) is 6.79. The lowest BCUT2D eigenvalue weighted by molar-refractivity contribution is 0.129. The summed E-state index contributed by atoms with van der Waals surface area (Å²) < 4.78 is 34.4. The number of carbonyl (C=O) groups is 1. The molecule has 2 aromatic rings. The van der Waals surface area contributed by atoms with Crippen molar-refractivity contribution in [2.24, 2.45) is 0 Å². The van der Waals surface area contributed by atoms with Crippen molar-refractivity contribution in [3.8, 4) is 23.3 Å². The second-order valence-corrected chi connectivity index (χ2v) is 6.79. The normalized spacial score (nSPS) is 18.3. The van der Waals surface area contributed by atoms with Crippen molar-refractivity contribution in [2.45, 2.75) is 37.8 Å². The lowest BCUT2D eigenvalue weighted by Crippen LogP contribution is -2.41. The summed E-state index contributed by atoms with van der Waals surface area (Å²) in [4.78, 5) is 20.0. The van der Waals surface area contributed by atoms with Crippen molar-refractivity contribution < 1.29 is 28.1 Å². The molecule has 2 N–H and O–H groups in total.